The smallest absolute Gasteiger partial charge is 0.342 e. The second kappa shape index (κ2) is 8.01. The third-order valence-corrected chi connectivity index (χ3v) is 4.59. The first-order valence-electron chi connectivity index (χ1n) is 7.42. The van der Waals surface area contributed by atoms with Crippen LogP contribution in [0.2, 0.25) is 0 Å². The van der Waals surface area contributed by atoms with Crippen LogP contribution in [-0.4, -0.2) is 23.6 Å². The van der Waals surface area contributed by atoms with Crippen LogP contribution in [0.3, 0.4) is 0 Å². The normalized spacial score (nSPS) is 10.4. The Balaban J connectivity index is 2.05. The molecule has 0 fully saturated rings. The largest absolute Gasteiger partial charge is 0.506 e. The van der Waals surface area contributed by atoms with Crippen molar-refractivity contribution in [1.82, 2.24) is 0 Å². The number of nitrogens with one attached hydrogen (secondary N) is 1. The number of phenolic OH excluding ortho intramolecular Hbond substituents is 1. The summed E-state index contributed by atoms with van der Waals surface area (Å²) in [5.74, 6) is -1.47. The second-order valence-electron chi connectivity index (χ2n) is 5.68. The molecule has 0 bridgehead atoms. The summed E-state index contributed by atoms with van der Waals surface area (Å²) >= 11 is 6.38. The maximum atomic E-state index is 12.1. The van der Waals surface area contributed by atoms with Crippen molar-refractivity contribution in [3.05, 3.63) is 55.5 Å². The van der Waals surface area contributed by atoms with Crippen LogP contribution in [0.5, 0.6) is 5.75 Å². The summed E-state index contributed by atoms with van der Waals surface area (Å²) in [5, 5.41) is 12.7. The predicted octanol–water partition coefficient (Wildman–Crippen LogP) is 4.64. The summed E-state index contributed by atoms with van der Waals surface area (Å²) in [6.45, 7) is 5.34. The van der Waals surface area contributed by atoms with E-state index in [0.29, 0.717) is 14.6 Å². The standard InChI is InChI=1S/C18H17Br2NO4/c1-9-4-10(2)16(11(3)5-9)21-15(22)8-25-18(24)13-6-12(19)7-14(20)17(13)23/h4-7,23H,8H2,1-3H3,(H,21,22). The summed E-state index contributed by atoms with van der Waals surface area (Å²) < 4.78 is 5.95. The van der Waals surface area contributed by atoms with E-state index in [1.807, 2.05) is 32.9 Å². The van der Waals surface area contributed by atoms with E-state index in [0.717, 1.165) is 16.7 Å². The van der Waals surface area contributed by atoms with Crippen LogP contribution in [0, 0.1) is 20.8 Å². The maximum absolute atomic E-state index is 12.1. The molecule has 1 amide bonds. The van der Waals surface area contributed by atoms with Crippen molar-refractivity contribution in [1.29, 1.82) is 0 Å². The zero-order valence-electron chi connectivity index (χ0n) is 13.9. The molecule has 7 heteroatoms. The summed E-state index contributed by atoms with van der Waals surface area (Å²) in [7, 11) is 0. The molecule has 25 heavy (non-hydrogen) atoms. The van der Waals surface area contributed by atoms with Gasteiger partial charge in [0.1, 0.15) is 11.3 Å². The number of phenols is 1. The Morgan fingerprint density at radius 3 is 2.28 bits per heavy atom. The molecule has 0 saturated carbocycles. The fraction of sp³-hybridized carbons (Fsp3) is 0.222. The third-order valence-electron chi connectivity index (χ3n) is 3.52. The summed E-state index contributed by atoms with van der Waals surface area (Å²) in [6, 6.07) is 6.95. The number of aryl methyl sites for hydroxylation is 3. The van der Waals surface area contributed by atoms with Crippen molar-refractivity contribution in [2.45, 2.75) is 20.8 Å². The minimum absolute atomic E-state index is 0.0308. The summed E-state index contributed by atoms with van der Waals surface area (Å²) in [4.78, 5) is 24.2. The number of esters is 1. The molecule has 0 aliphatic rings. The average Bonchev–Trinajstić information content (AvgIpc) is 2.52. The molecule has 5 nitrogen and oxygen atoms in total. The van der Waals surface area contributed by atoms with Crippen molar-refractivity contribution < 1.29 is 19.4 Å². The molecule has 0 unspecified atom stereocenters. The number of rotatable bonds is 4. The number of aromatic hydroxyl groups is 1. The van der Waals surface area contributed by atoms with Gasteiger partial charge in [0, 0.05) is 10.2 Å². The Morgan fingerprint density at radius 1 is 1.08 bits per heavy atom. The van der Waals surface area contributed by atoms with Crippen molar-refractivity contribution in [3.8, 4) is 5.75 Å². The van der Waals surface area contributed by atoms with Crippen molar-refractivity contribution in [2.24, 2.45) is 0 Å². The zero-order valence-corrected chi connectivity index (χ0v) is 17.1. The predicted molar refractivity (Wildman–Crippen MR) is 103 cm³/mol. The molecule has 2 aromatic carbocycles. The van der Waals surface area contributed by atoms with Crippen molar-refractivity contribution in [3.63, 3.8) is 0 Å². The van der Waals surface area contributed by atoms with E-state index in [2.05, 4.69) is 37.2 Å². The quantitative estimate of drug-likeness (QED) is 0.638. The number of benzene rings is 2. The molecule has 0 heterocycles. The molecule has 2 N–H and O–H groups in total. The third kappa shape index (κ3) is 4.83. The van der Waals surface area contributed by atoms with E-state index in [9.17, 15) is 14.7 Å². The number of anilines is 1. The first-order chi connectivity index (χ1) is 11.7. The van der Waals surface area contributed by atoms with Gasteiger partial charge < -0.3 is 15.2 Å². The van der Waals surface area contributed by atoms with Crippen LogP contribution >= 0.6 is 31.9 Å². The molecule has 0 radical (unpaired) electrons. The van der Waals surface area contributed by atoms with Gasteiger partial charge in [-0.05, 0) is 60.0 Å². The summed E-state index contributed by atoms with van der Waals surface area (Å²) in [6.07, 6.45) is 0. The Labute approximate surface area is 162 Å². The second-order valence-corrected chi connectivity index (χ2v) is 7.45. The first-order valence-corrected chi connectivity index (χ1v) is 9.00. The minimum atomic E-state index is -0.785. The first kappa shape index (κ1) is 19.5. The van der Waals surface area contributed by atoms with Crippen molar-refractivity contribution >= 4 is 49.4 Å². The van der Waals surface area contributed by atoms with Gasteiger partial charge in [0.05, 0.1) is 4.47 Å². The van der Waals surface area contributed by atoms with Gasteiger partial charge >= 0.3 is 5.97 Å². The minimum Gasteiger partial charge on any atom is -0.506 e. The lowest BCUT2D eigenvalue weighted by Gasteiger charge is -2.13. The Hall–Kier alpha value is -1.86. The average molecular weight is 471 g/mol. The SMILES string of the molecule is Cc1cc(C)c(NC(=O)COC(=O)c2cc(Br)cc(Br)c2O)c(C)c1. The highest BCUT2D eigenvalue weighted by molar-refractivity contribution is 9.11. The topological polar surface area (TPSA) is 75.6 Å². The van der Waals surface area contributed by atoms with E-state index >= 15 is 0 Å². The van der Waals surface area contributed by atoms with Crippen LogP contribution in [-0.2, 0) is 9.53 Å². The fourth-order valence-corrected chi connectivity index (χ4v) is 3.71. The monoisotopic (exact) mass is 469 g/mol. The van der Waals surface area contributed by atoms with Gasteiger partial charge in [-0.25, -0.2) is 4.79 Å². The molecule has 2 rings (SSSR count). The van der Waals surface area contributed by atoms with Crippen molar-refractivity contribution in [2.75, 3.05) is 11.9 Å². The molecule has 2 aromatic rings. The number of carbonyl (C=O) groups is 2. The number of hydrogen-bond acceptors (Lipinski definition) is 4. The highest BCUT2D eigenvalue weighted by Crippen LogP contribution is 2.32. The highest BCUT2D eigenvalue weighted by Gasteiger charge is 2.18. The van der Waals surface area contributed by atoms with Crippen LogP contribution in [0.4, 0.5) is 5.69 Å². The Kier molecular flexibility index (Phi) is 6.24. The molecule has 0 spiro atoms. The van der Waals surface area contributed by atoms with Crippen LogP contribution in [0.1, 0.15) is 27.0 Å². The molecular formula is C18H17Br2NO4. The maximum Gasteiger partial charge on any atom is 0.342 e. The van der Waals surface area contributed by atoms with Gasteiger partial charge in [-0.2, -0.15) is 0 Å². The lowest BCUT2D eigenvalue weighted by molar-refractivity contribution is -0.119. The van der Waals surface area contributed by atoms with Gasteiger partial charge in [0.25, 0.3) is 5.91 Å². The van der Waals surface area contributed by atoms with Crippen LogP contribution in [0.25, 0.3) is 0 Å². The molecule has 0 aromatic heterocycles. The summed E-state index contributed by atoms with van der Waals surface area (Å²) in [5.41, 5.74) is 3.66. The van der Waals surface area contributed by atoms with Crippen LogP contribution < -0.4 is 5.32 Å². The Bertz CT molecular complexity index is 826. The van der Waals surface area contributed by atoms with E-state index in [-0.39, 0.29) is 11.3 Å². The Morgan fingerprint density at radius 2 is 1.68 bits per heavy atom. The van der Waals surface area contributed by atoms with E-state index in [1.165, 1.54) is 6.07 Å². The van der Waals surface area contributed by atoms with E-state index in [1.54, 1.807) is 6.07 Å². The molecule has 0 atom stereocenters. The molecule has 0 aliphatic carbocycles. The van der Waals surface area contributed by atoms with Gasteiger partial charge in [-0.3, -0.25) is 4.79 Å². The number of hydrogen-bond donors (Lipinski definition) is 2. The molecular weight excluding hydrogens is 454 g/mol. The number of amides is 1. The molecule has 0 aliphatic heterocycles. The van der Waals surface area contributed by atoms with Gasteiger partial charge in [-0.15, -0.1) is 0 Å². The fourth-order valence-electron chi connectivity index (χ4n) is 2.48. The number of halogens is 2. The van der Waals surface area contributed by atoms with E-state index < -0.39 is 18.5 Å². The number of ether oxygens (including phenoxy) is 1. The molecule has 132 valence electrons. The van der Waals surface area contributed by atoms with Gasteiger partial charge in [0.2, 0.25) is 0 Å². The lowest BCUT2D eigenvalue weighted by Crippen LogP contribution is -2.22. The zero-order chi connectivity index (χ0) is 18.7. The van der Waals surface area contributed by atoms with Gasteiger partial charge in [0.15, 0.2) is 6.61 Å². The van der Waals surface area contributed by atoms with Crippen LogP contribution in [0.15, 0.2) is 33.2 Å². The highest BCUT2D eigenvalue weighted by atomic mass is 79.9. The molecule has 0 saturated heterocycles. The van der Waals surface area contributed by atoms with Gasteiger partial charge in [-0.1, -0.05) is 33.6 Å². The lowest BCUT2D eigenvalue weighted by atomic mass is 10.1. The van der Waals surface area contributed by atoms with E-state index in [4.69, 9.17) is 4.74 Å². The number of carbonyl (C=O) groups excluding carboxylic acids is 2.